The molecule has 0 spiro atoms. The molecule has 0 aromatic heterocycles. The quantitative estimate of drug-likeness (QED) is 0.417. The highest BCUT2D eigenvalue weighted by Crippen LogP contribution is 2.25. The van der Waals surface area contributed by atoms with E-state index in [1.807, 2.05) is 0 Å². The van der Waals surface area contributed by atoms with E-state index in [-0.39, 0.29) is 5.78 Å². The average Bonchev–Trinajstić information content (AvgIpc) is 2.72. The fourth-order valence-electron chi connectivity index (χ4n) is 2.43. The molecule has 2 aromatic rings. The summed E-state index contributed by atoms with van der Waals surface area (Å²) < 4.78 is 15.5. The highest BCUT2D eigenvalue weighted by Gasteiger charge is 2.17. The van der Waals surface area contributed by atoms with E-state index in [2.05, 4.69) is 5.32 Å². The number of esters is 1. The lowest BCUT2D eigenvalue weighted by atomic mass is 10.1. The molecule has 0 unspecified atom stereocenters. The van der Waals surface area contributed by atoms with Gasteiger partial charge >= 0.3 is 5.97 Å². The molecular weight excluding hydrogens is 374 g/mol. The van der Waals surface area contributed by atoms with Gasteiger partial charge in [0.05, 0.1) is 14.2 Å². The molecule has 1 amide bonds. The predicted octanol–water partition coefficient (Wildman–Crippen LogP) is 3.49. The maximum atomic E-state index is 12.2. The van der Waals surface area contributed by atoms with Crippen LogP contribution in [0.2, 0.25) is 0 Å². The average molecular weight is 397 g/mol. The van der Waals surface area contributed by atoms with Crippen molar-refractivity contribution >= 4 is 29.4 Å². The van der Waals surface area contributed by atoms with Gasteiger partial charge < -0.3 is 19.5 Å². The second kappa shape index (κ2) is 10.1. The number of carbonyl (C=O) groups is 3. The normalized spacial score (nSPS) is 11.6. The fourth-order valence-corrected chi connectivity index (χ4v) is 2.43. The van der Waals surface area contributed by atoms with Crippen molar-refractivity contribution in [2.45, 2.75) is 20.0 Å². The zero-order chi connectivity index (χ0) is 21.4. The first-order chi connectivity index (χ1) is 13.8. The number of methoxy groups -OCH3 is 2. The van der Waals surface area contributed by atoms with Crippen molar-refractivity contribution in [3.05, 3.63) is 59.7 Å². The van der Waals surface area contributed by atoms with Crippen LogP contribution < -0.4 is 14.8 Å². The Morgan fingerprint density at radius 3 is 2.28 bits per heavy atom. The Kier molecular flexibility index (Phi) is 7.54. The molecule has 0 aliphatic rings. The summed E-state index contributed by atoms with van der Waals surface area (Å²) in [6.45, 7) is 2.93. The van der Waals surface area contributed by atoms with Crippen molar-refractivity contribution in [2.24, 2.45) is 0 Å². The van der Waals surface area contributed by atoms with Gasteiger partial charge in [0.25, 0.3) is 5.91 Å². The van der Waals surface area contributed by atoms with E-state index in [9.17, 15) is 14.4 Å². The number of rotatable bonds is 8. The van der Waals surface area contributed by atoms with Crippen LogP contribution in [0.3, 0.4) is 0 Å². The molecule has 0 saturated carbocycles. The van der Waals surface area contributed by atoms with Gasteiger partial charge in [0.2, 0.25) is 0 Å². The fraction of sp³-hybridized carbons (Fsp3) is 0.227. The lowest BCUT2D eigenvalue weighted by Gasteiger charge is -2.12. The van der Waals surface area contributed by atoms with Gasteiger partial charge in [-0.1, -0.05) is 0 Å². The summed E-state index contributed by atoms with van der Waals surface area (Å²) in [5, 5.41) is 2.63. The second-order valence-electron chi connectivity index (χ2n) is 6.14. The molecule has 7 nitrogen and oxygen atoms in total. The van der Waals surface area contributed by atoms with Crippen molar-refractivity contribution < 1.29 is 28.6 Å². The zero-order valence-corrected chi connectivity index (χ0v) is 16.7. The van der Waals surface area contributed by atoms with E-state index in [1.165, 1.54) is 40.2 Å². The van der Waals surface area contributed by atoms with E-state index in [4.69, 9.17) is 14.2 Å². The van der Waals surface area contributed by atoms with Crippen LogP contribution in [0.15, 0.2) is 48.5 Å². The molecule has 0 radical (unpaired) electrons. The van der Waals surface area contributed by atoms with E-state index >= 15 is 0 Å². The molecule has 0 heterocycles. The Morgan fingerprint density at radius 2 is 1.69 bits per heavy atom. The zero-order valence-electron chi connectivity index (χ0n) is 16.7. The molecule has 1 N–H and O–H groups in total. The molecule has 0 saturated heterocycles. The van der Waals surface area contributed by atoms with Gasteiger partial charge in [-0.25, -0.2) is 4.79 Å². The molecule has 2 aromatic carbocycles. The minimum Gasteiger partial charge on any atom is -0.497 e. The van der Waals surface area contributed by atoms with Gasteiger partial charge in [-0.05, 0) is 62.4 Å². The molecular formula is C22H23NO6. The molecule has 2 rings (SSSR count). The first-order valence-corrected chi connectivity index (χ1v) is 8.86. The summed E-state index contributed by atoms with van der Waals surface area (Å²) in [6.07, 6.45) is 1.73. The first kappa shape index (κ1) is 21.7. The summed E-state index contributed by atoms with van der Waals surface area (Å²) >= 11 is 0. The Labute approximate surface area is 169 Å². The molecule has 0 bridgehead atoms. The van der Waals surface area contributed by atoms with E-state index < -0.39 is 18.0 Å². The number of ketones is 1. The second-order valence-corrected chi connectivity index (χ2v) is 6.14. The molecule has 152 valence electrons. The lowest BCUT2D eigenvalue weighted by molar-refractivity contribution is -0.148. The third kappa shape index (κ3) is 6.21. The van der Waals surface area contributed by atoms with Gasteiger partial charge in [0.15, 0.2) is 11.9 Å². The van der Waals surface area contributed by atoms with Crippen LogP contribution in [-0.4, -0.2) is 38.0 Å². The molecule has 1 atom stereocenters. The number of hydrogen-bond acceptors (Lipinski definition) is 6. The van der Waals surface area contributed by atoms with Gasteiger partial charge in [-0.2, -0.15) is 0 Å². The molecule has 0 fully saturated rings. The van der Waals surface area contributed by atoms with Crippen molar-refractivity contribution in [2.75, 3.05) is 19.5 Å². The van der Waals surface area contributed by atoms with E-state index in [1.54, 1.807) is 42.5 Å². The number of anilines is 1. The maximum absolute atomic E-state index is 12.2. The summed E-state index contributed by atoms with van der Waals surface area (Å²) in [4.78, 5) is 35.6. The molecule has 7 heteroatoms. The van der Waals surface area contributed by atoms with Crippen molar-refractivity contribution in [1.82, 2.24) is 0 Å². The number of ether oxygens (including phenoxy) is 3. The minimum absolute atomic E-state index is 0.0652. The van der Waals surface area contributed by atoms with Crippen LogP contribution in [0, 0.1) is 0 Å². The van der Waals surface area contributed by atoms with Crippen LogP contribution in [0.25, 0.3) is 6.08 Å². The Hall–Kier alpha value is -3.61. The Bertz CT molecular complexity index is 917. The summed E-state index contributed by atoms with van der Waals surface area (Å²) in [6, 6.07) is 11.6. The van der Waals surface area contributed by atoms with Crippen molar-refractivity contribution in [3.63, 3.8) is 0 Å². The third-order valence-corrected chi connectivity index (χ3v) is 4.06. The number of nitrogens with one attached hydrogen (secondary N) is 1. The third-order valence-electron chi connectivity index (χ3n) is 4.06. The highest BCUT2D eigenvalue weighted by molar-refractivity contribution is 5.98. The summed E-state index contributed by atoms with van der Waals surface area (Å²) in [7, 11) is 3.06. The molecule has 0 aliphatic heterocycles. The van der Waals surface area contributed by atoms with Crippen LogP contribution in [0.5, 0.6) is 11.5 Å². The standard InChI is InChI=1S/C22H23NO6/c1-14(24)16-5-8-18(9-6-16)23-22(26)15(2)29-21(25)12-7-17-13-19(27-3)10-11-20(17)28-4/h5-13,15H,1-4H3,(H,23,26)/b12-7+/t15-/m1/s1. The van der Waals surface area contributed by atoms with Crippen molar-refractivity contribution in [1.29, 1.82) is 0 Å². The van der Waals surface area contributed by atoms with Crippen LogP contribution in [-0.2, 0) is 14.3 Å². The Morgan fingerprint density at radius 1 is 1.00 bits per heavy atom. The maximum Gasteiger partial charge on any atom is 0.331 e. The van der Waals surface area contributed by atoms with Crippen LogP contribution in [0.4, 0.5) is 5.69 Å². The molecule has 29 heavy (non-hydrogen) atoms. The van der Waals surface area contributed by atoms with Gasteiger partial charge in [0.1, 0.15) is 11.5 Å². The predicted molar refractivity (Wildman–Crippen MR) is 109 cm³/mol. The van der Waals surface area contributed by atoms with E-state index in [0.29, 0.717) is 28.3 Å². The van der Waals surface area contributed by atoms with Crippen LogP contribution >= 0.6 is 0 Å². The summed E-state index contributed by atoms with van der Waals surface area (Å²) in [5.41, 5.74) is 1.67. The number of Topliss-reactive ketones (excluding diaryl/α,β-unsaturated/α-hetero) is 1. The minimum atomic E-state index is -1.01. The number of benzene rings is 2. The lowest BCUT2D eigenvalue weighted by Crippen LogP contribution is -2.29. The largest absolute Gasteiger partial charge is 0.497 e. The first-order valence-electron chi connectivity index (χ1n) is 8.86. The monoisotopic (exact) mass is 397 g/mol. The summed E-state index contributed by atoms with van der Waals surface area (Å²) in [5.74, 6) is -0.0487. The highest BCUT2D eigenvalue weighted by atomic mass is 16.5. The van der Waals surface area contributed by atoms with Crippen LogP contribution in [0.1, 0.15) is 29.8 Å². The van der Waals surface area contributed by atoms with Gasteiger partial charge in [-0.15, -0.1) is 0 Å². The number of amides is 1. The topological polar surface area (TPSA) is 90.9 Å². The SMILES string of the molecule is COc1ccc(OC)c(/C=C/C(=O)O[C@H](C)C(=O)Nc2ccc(C(C)=O)cc2)c1. The number of hydrogen-bond donors (Lipinski definition) is 1. The molecule has 0 aliphatic carbocycles. The van der Waals surface area contributed by atoms with Gasteiger partial charge in [0, 0.05) is 22.9 Å². The number of carbonyl (C=O) groups excluding carboxylic acids is 3. The van der Waals surface area contributed by atoms with E-state index in [0.717, 1.165) is 0 Å². The van der Waals surface area contributed by atoms with Crippen molar-refractivity contribution in [3.8, 4) is 11.5 Å². The van der Waals surface area contributed by atoms with Gasteiger partial charge in [-0.3, -0.25) is 9.59 Å². The smallest absolute Gasteiger partial charge is 0.331 e. The Balaban J connectivity index is 1.96.